The number of rotatable bonds is 3. The Balaban J connectivity index is 1.58. The highest BCUT2D eigenvalue weighted by Crippen LogP contribution is 2.45. The lowest BCUT2D eigenvalue weighted by atomic mass is 9.85. The molecule has 11 nitrogen and oxygen atoms in total. The number of cyclic esters (lactones) is 1. The summed E-state index contributed by atoms with van der Waals surface area (Å²) in [5, 5.41) is 0.687. The van der Waals surface area contributed by atoms with Gasteiger partial charge in [0.2, 0.25) is 12.4 Å². The second kappa shape index (κ2) is 6.94. The fraction of sp³-hybridized carbons (Fsp3) is 0.304. The number of aromatic nitrogens is 2. The van der Waals surface area contributed by atoms with Gasteiger partial charge in [0.05, 0.1) is 41.2 Å². The number of esters is 2. The van der Waals surface area contributed by atoms with Crippen molar-refractivity contribution in [3.63, 3.8) is 0 Å². The molecular formula is C23H20N4O7. The van der Waals surface area contributed by atoms with Crippen LogP contribution in [-0.4, -0.2) is 34.8 Å². The van der Waals surface area contributed by atoms with E-state index in [1.165, 1.54) is 0 Å². The highest BCUT2D eigenvalue weighted by atomic mass is 16.7. The van der Waals surface area contributed by atoms with Crippen molar-refractivity contribution >= 4 is 28.5 Å². The number of carbonyl (C=O) groups is 2. The topological polar surface area (TPSA) is 158 Å². The molecule has 3 aromatic rings. The normalized spacial score (nSPS) is 19.4. The highest BCUT2D eigenvalue weighted by Gasteiger charge is 2.50. The lowest BCUT2D eigenvalue weighted by Gasteiger charge is -2.35. The van der Waals surface area contributed by atoms with E-state index in [0.29, 0.717) is 45.0 Å². The van der Waals surface area contributed by atoms with Crippen LogP contribution < -0.4 is 26.5 Å². The molecule has 6 rings (SSSR count). The largest absolute Gasteiger partial charge is 0.457 e. The van der Waals surface area contributed by atoms with Gasteiger partial charge in [0, 0.05) is 22.6 Å². The number of nitrogens with two attached hydrogens (primary N) is 2. The van der Waals surface area contributed by atoms with Gasteiger partial charge in [0.1, 0.15) is 6.61 Å². The van der Waals surface area contributed by atoms with Crippen molar-refractivity contribution in [2.45, 2.75) is 32.1 Å². The van der Waals surface area contributed by atoms with Crippen molar-refractivity contribution < 1.29 is 28.5 Å². The summed E-state index contributed by atoms with van der Waals surface area (Å²) < 4.78 is 23.3. The molecule has 3 aliphatic heterocycles. The van der Waals surface area contributed by atoms with Crippen molar-refractivity contribution in [2.24, 2.45) is 5.73 Å². The second-order valence-electron chi connectivity index (χ2n) is 8.33. The summed E-state index contributed by atoms with van der Waals surface area (Å²) in [5.41, 5.74) is 13.0. The number of benzene rings is 1. The van der Waals surface area contributed by atoms with Crippen molar-refractivity contribution in [1.29, 1.82) is 0 Å². The van der Waals surface area contributed by atoms with E-state index in [9.17, 15) is 14.4 Å². The SMILES string of the molecule is CC[C@@]1(OC(=O)CN)C(=O)OCc2c1cc1n(c2=O)Cc2cc3c(N)c4c(cc3nc2-1)OCO4. The molecule has 5 heterocycles. The van der Waals surface area contributed by atoms with Gasteiger partial charge in [-0.05, 0) is 18.6 Å². The molecule has 4 N–H and O–H groups in total. The Hall–Kier alpha value is -4.12. The number of anilines is 1. The van der Waals surface area contributed by atoms with Gasteiger partial charge in [-0.3, -0.25) is 9.59 Å². The first-order valence-corrected chi connectivity index (χ1v) is 10.8. The molecule has 174 valence electrons. The number of hydrogen-bond donors (Lipinski definition) is 2. The van der Waals surface area contributed by atoms with Gasteiger partial charge in [-0.25, -0.2) is 9.78 Å². The smallest absolute Gasteiger partial charge is 0.355 e. The molecule has 0 amide bonds. The van der Waals surface area contributed by atoms with Crippen LogP contribution in [0.5, 0.6) is 11.5 Å². The lowest BCUT2D eigenvalue weighted by Crippen LogP contribution is -2.48. The summed E-state index contributed by atoms with van der Waals surface area (Å²) in [6, 6.07) is 5.30. The molecule has 2 aromatic heterocycles. The van der Waals surface area contributed by atoms with E-state index in [2.05, 4.69) is 0 Å². The summed E-state index contributed by atoms with van der Waals surface area (Å²) in [5.74, 6) is -0.538. The Morgan fingerprint density at radius 1 is 1.24 bits per heavy atom. The van der Waals surface area contributed by atoms with Gasteiger partial charge >= 0.3 is 11.9 Å². The zero-order valence-corrected chi connectivity index (χ0v) is 18.2. The minimum Gasteiger partial charge on any atom is -0.457 e. The summed E-state index contributed by atoms with van der Waals surface area (Å²) in [6.07, 6.45) is 0.0749. The molecule has 0 unspecified atom stereocenters. The first kappa shape index (κ1) is 20.5. The van der Waals surface area contributed by atoms with Crippen molar-refractivity contribution in [1.82, 2.24) is 9.55 Å². The third-order valence-electron chi connectivity index (χ3n) is 6.61. The van der Waals surface area contributed by atoms with Crippen LogP contribution >= 0.6 is 0 Å². The van der Waals surface area contributed by atoms with E-state index >= 15 is 0 Å². The van der Waals surface area contributed by atoms with Crippen molar-refractivity contribution in [2.75, 3.05) is 19.1 Å². The van der Waals surface area contributed by atoms with Gasteiger partial charge in [0.15, 0.2) is 11.5 Å². The fourth-order valence-electron chi connectivity index (χ4n) is 4.91. The highest BCUT2D eigenvalue weighted by molar-refractivity contribution is 5.98. The predicted octanol–water partition coefficient (Wildman–Crippen LogP) is 0.900. The van der Waals surface area contributed by atoms with E-state index in [1.807, 2.05) is 6.07 Å². The van der Waals surface area contributed by atoms with E-state index < -0.39 is 24.1 Å². The zero-order chi connectivity index (χ0) is 23.8. The summed E-state index contributed by atoms with van der Waals surface area (Å²) >= 11 is 0. The van der Waals surface area contributed by atoms with Crippen LogP contribution in [0.3, 0.4) is 0 Å². The van der Waals surface area contributed by atoms with Crippen LogP contribution in [0.15, 0.2) is 23.0 Å². The van der Waals surface area contributed by atoms with Crippen LogP contribution in [0.2, 0.25) is 0 Å². The molecule has 3 aliphatic rings. The second-order valence-corrected chi connectivity index (χ2v) is 8.33. The van der Waals surface area contributed by atoms with Crippen LogP contribution in [0, 0.1) is 0 Å². The molecule has 0 bridgehead atoms. The van der Waals surface area contributed by atoms with Crippen LogP contribution in [0.1, 0.15) is 30.0 Å². The van der Waals surface area contributed by atoms with Gasteiger partial charge in [-0.1, -0.05) is 6.92 Å². The maximum atomic E-state index is 13.5. The zero-order valence-electron chi connectivity index (χ0n) is 18.2. The Kier molecular flexibility index (Phi) is 4.18. The molecule has 0 spiro atoms. The van der Waals surface area contributed by atoms with Crippen molar-refractivity contribution in [3.05, 3.63) is 45.2 Å². The van der Waals surface area contributed by atoms with E-state index in [-0.39, 0.29) is 37.5 Å². The maximum absolute atomic E-state index is 13.5. The lowest BCUT2D eigenvalue weighted by molar-refractivity contribution is -0.188. The molecular weight excluding hydrogens is 444 g/mol. The number of fused-ring (bicyclic) bond motifs is 6. The third-order valence-corrected chi connectivity index (χ3v) is 6.61. The summed E-state index contributed by atoms with van der Waals surface area (Å²) in [4.78, 5) is 43.2. The number of nitrogens with zero attached hydrogens (tertiary/aromatic N) is 2. The van der Waals surface area contributed by atoms with E-state index in [1.54, 1.807) is 23.6 Å². The first-order valence-electron chi connectivity index (χ1n) is 10.8. The molecule has 1 aromatic carbocycles. The minimum absolute atomic E-state index is 0.0749. The maximum Gasteiger partial charge on any atom is 0.355 e. The van der Waals surface area contributed by atoms with Crippen LogP contribution in [0.4, 0.5) is 5.69 Å². The average molecular weight is 464 g/mol. The molecule has 0 radical (unpaired) electrons. The predicted molar refractivity (Wildman–Crippen MR) is 118 cm³/mol. The molecule has 34 heavy (non-hydrogen) atoms. The number of pyridine rings is 2. The van der Waals surface area contributed by atoms with Crippen LogP contribution in [0.25, 0.3) is 22.3 Å². The molecule has 1 atom stereocenters. The number of nitrogen functional groups attached to an aromatic ring is 1. The minimum atomic E-state index is -1.76. The Labute approximate surface area is 192 Å². The molecule has 0 fully saturated rings. The van der Waals surface area contributed by atoms with E-state index in [0.717, 1.165) is 5.56 Å². The fourth-order valence-corrected chi connectivity index (χ4v) is 4.91. The van der Waals surface area contributed by atoms with Gasteiger partial charge in [0.25, 0.3) is 5.56 Å². The van der Waals surface area contributed by atoms with Gasteiger partial charge in [-0.15, -0.1) is 0 Å². The molecule has 11 heteroatoms. The monoisotopic (exact) mass is 464 g/mol. The van der Waals surface area contributed by atoms with E-state index in [4.69, 9.17) is 35.4 Å². The Morgan fingerprint density at radius 2 is 2.06 bits per heavy atom. The van der Waals surface area contributed by atoms with Crippen molar-refractivity contribution in [3.8, 4) is 22.9 Å². The summed E-state index contributed by atoms with van der Waals surface area (Å²) in [7, 11) is 0. The third kappa shape index (κ3) is 2.55. The quantitative estimate of drug-likeness (QED) is 0.330. The Morgan fingerprint density at radius 3 is 2.82 bits per heavy atom. The summed E-state index contributed by atoms with van der Waals surface area (Å²) in [6.45, 7) is 1.40. The van der Waals surface area contributed by atoms with Gasteiger partial charge < -0.3 is 35.0 Å². The molecule has 0 saturated carbocycles. The average Bonchev–Trinajstić information content (AvgIpc) is 3.45. The molecule has 0 saturated heterocycles. The van der Waals surface area contributed by atoms with Crippen LogP contribution in [-0.2, 0) is 37.8 Å². The number of hydrogen-bond acceptors (Lipinski definition) is 10. The first-order chi connectivity index (χ1) is 16.4. The standard InChI is InChI=1S/C23H20N4O7/c1-2-23(34-17(28)6-24)13-4-15-19-10(7-27(15)21(29)12(13)8-31-22(23)30)3-11-14(26-19)5-16-20(18(11)25)33-9-32-16/h3-5H,2,6-9,24-25H2,1H3/t23-/m0/s1. The number of carbonyl (C=O) groups excluding carboxylic acids is 2. The van der Waals surface area contributed by atoms with Gasteiger partial charge in [-0.2, -0.15) is 0 Å². The molecule has 0 aliphatic carbocycles. The number of ether oxygens (including phenoxy) is 4. The Bertz CT molecular complexity index is 1500.